The highest BCUT2D eigenvalue weighted by Gasteiger charge is 2.11. The minimum Gasteiger partial charge on any atom is -0.489 e. The minimum absolute atomic E-state index is 0. The molecule has 0 spiro atoms. The van der Waals surface area contributed by atoms with Crippen molar-refractivity contribution >= 4 is 18.1 Å². The van der Waals surface area contributed by atoms with Gasteiger partial charge in [-0.2, -0.15) is 0 Å². The van der Waals surface area contributed by atoms with E-state index < -0.39 is 0 Å². The van der Waals surface area contributed by atoms with E-state index in [4.69, 9.17) is 4.74 Å². The number of aliphatic hydroxyl groups excluding tert-OH is 1. The maximum Gasteiger partial charge on any atom is 0.180 e. The van der Waals surface area contributed by atoms with Crippen molar-refractivity contribution < 1.29 is 9.84 Å². The molecule has 100 valence electrons. The molecule has 4 nitrogen and oxygen atoms in total. The average Bonchev–Trinajstić information content (AvgIpc) is 2.62. The van der Waals surface area contributed by atoms with E-state index in [0.717, 1.165) is 22.8 Å². The van der Waals surface area contributed by atoms with Gasteiger partial charge in [0.2, 0.25) is 0 Å². The fourth-order valence-corrected chi connectivity index (χ4v) is 1.76. The standard InChI is InChI=1S/C13H18N2O2.ClH/c1-9(2)8-17-12-5-4-6-15-11(7-16)10(3)14-13(12)15;/h4-6,9,16H,7-8H2,1-3H3;1H. The van der Waals surface area contributed by atoms with Crippen molar-refractivity contribution in [2.75, 3.05) is 6.61 Å². The Morgan fingerprint density at radius 2 is 2.17 bits per heavy atom. The smallest absolute Gasteiger partial charge is 0.180 e. The first-order chi connectivity index (χ1) is 8.13. The lowest BCUT2D eigenvalue weighted by molar-refractivity contribution is 0.270. The van der Waals surface area contributed by atoms with E-state index in [-0.39, 0.29) is 19.0 Å². The molecule has 0 aliphatic heterocycles. The number of nitrogens with zero attached hydrogens (tertiary/aromatic N) is 2. The van der Waals surface area contributed by atoms with Gasteiger partial charge in [0.25, 0.3) is 0 Å². The molecule has 0 bridgehead atoms. The Morgan fingerprint density at radius 3 is 2.78 bits per heavy atom. The summed E-state index contributed by atoms with van der Waals surface area (Å²) in [4.78, 5) is 4.44. The molecular formula is C13H19ClN2O2. The third kappa shape index (κ3) is 2.76. The summed E-state index contributed by atoms with van der Waals surface area (Å²) in [5.74, 6) is 1.24. The molecule has 0 aliphatic rings. The molecule has 0 saturated carbocycles. The lowest BCUT2D eigenvalue weighted by Crippen LogP contribution is -2.05. The molecule has 0 fully saturated rings. The van der Waals surface area contributed by atoms with Crippen molar-refractivity contribution in [3.8, 4) is 5.75 Å². The van der Waals surface area contributed by atoms with Crippen molar-refractivity contribution in [1.82, 2.24) is 9.38 Å². The number of aryl methyl sites for hydroxylation is 1. The van der Waals surface area contributed by atoms with Crippen molar-refractivity contribution in [2.45, 2.75) is 27.4 Å². The van der Waals surface area contributed by atoms with Crippen molar-refractivity contribution in [3.05, 3.63) is 29.7 Å². The van der Waals surface area contributed by atoms with E-state index in [1.165, 1.54) is 0 Å². The molecule has 1 N–H and O–H groups in total. The monoisotopic (exact) mass is 270 g/mol. The van der Waals surface area contributed by atoms with Crippen molar-refractivity contribution in [3.63, 3.8) is 0 Å². The van der Waals surface area contributed by atoms with Crippen LogP contribution in [0.4, 0.5) is 0 Å². The third-order valence-electron chi connectivity index (χ3n) is 2.64. The van der Waals surface area contributed by atoms with Gasteiger partial charge in [-0.3, -0.25) is 4.40 Å². The zero-order valence-electron chi connectivity index (χ0n) is 10.9. The highest BCUT2D eigenvalue weighted by Crippen LogP contribution is 2.22. The van der Waals surface area contributed by atoms with E-state index in [2.05, 4.69) is 18.8 Å². The van der Waals surface area contributed by atoms with Gasteiger partial charge in [0.1, 0.15) is 0 Å². The van der Waals surface area contributed by atoms with E-state index in [9.17, 15) is 5.11 Å². The van der Waals surface area contributed by atoms with E-state index in [1.807, 2.05) is 29.7 Å². The largest absolute Gasteiger partial charge is 0.489 e. The molecule has 0 aliphatic carbocycles. The number of aliphatic hydroxyl groups is 1. The van der Waals surface area contributed by atoms with Gasteiger partial charge >= 0.3 is 0 Å². The van der Waals surface area contributed by atoms with E-state index in [1.54, 1.807) is 0 Å². The molecule has 0 saturated heterocycles. The van der Waals surface area contributed by atoms with Crippen LogP contribution >= 0.6 is 12.4 Å². The number of halogens is 1. The summed E-state index contributed by atoms with van der Waals surface area (Å²) in [5.41, 5.74) is 2.43. The molecule has 0 radical (unpaired) electrons. The number of imidazole rings is 1. The van der Waals surface area contributed by atoms with Crippen molar-refractivity contribution in [1.29, 1.82) is 0 Å². The topological polar surface area (TPSA) is 46.8 Å². The third-order valence-corrected chi connectivity index (χ3v) is 2.64. The van der Waals surface area contributed by atoms with Gasteiger partial charge < -0.3 is 9.84 Å². The van der Waals surface area contributed by atoms with Crippen LogP contribution in [0.1, 0.15) is 25.2 Å². The molecule has 0 amide bonds. The van der Waals surface area contributed by atoms with Gasteiger partial charge in [-0.1, -0.05) is 13.8 Å². The Kier molecular flexibility index (Phi) is 4.99. The maximum absolute atomic E-state index is 9.31. The number of rotatable bonds is 4. The molecule has 0 aromatic carbocycles. The summed E-state index contributed by atoms with van der Waals surface area (Å²) >= 11 is 0. The second-order valence-corrected chi connectivity index (χ2v) is 4.57. The number of aromatic nitrogens is 2. The van der Waals surface area contributed by atoms with E-state index in [0.29, 0.717) is 12.5 Å². The predicted octanol–water partition coefficient (Wildman–Crippen LogP) is 2.59. The Hall–Kier alpha value is -1.26. The zero-order valence-corrected chi connectivity index (χ0v) is 11.7. The summed E-state index contributed by atoms with van der Waals surface area (Å²) in [5, 5.41) is 9.31. The minimum atomic E-state index is -0.0133. The van der Waals surface area contributed by atoms with Crippen LogP contribution < -0.4 is 4.74 Å². The van der Waals surface area contributed by atoms with Crippen LogP contribution in [-0.2, 0) is 6.61 Å². The molecule has 2 aromatic rings. The summed E-state index contributed by atoms with van der Waals surface area (Å²) in [6, 6.07) is 3.81. The van der Waals surface area contributed by atoms with Gasteiger partial charge in [0.15, 0.2) is 11.4 Å². The number of ether oxygens (including phenoxy) is 1. The molecule has 2 heterocycles. The van der Waals surface area contributed by atoms with Gasteiger partial charge in [0, 0.05) is 6.20 Å². The summed E-state index contributed by atoms with van der Waals surface area (Å²) in [6.45, 7) is 6.76. The van der Waals surface area contributed by atoms with Gasteiger partial charge in [-0.15, -0.1) is 12.4 Å². The van der Waals surface area contributed by atoms with Crippen LogP contribution in [0.5, 0.6) is 5.75 Å². The lowest BCUT2D eigenvalue weighted by Gasteiger charge is -2.09. The summed E-state index contributed by atoms with van der Waals surface area (Å²) < 4.78 is 7.61. The average molecular weight is 271 g/mol. The van der Waals surface area contributed by atoms with Crippen LogP contribution in [0.2, 0.25) is 0 Å². The van der Waals surface area contributed by atoms with Crippen LogP contribution in [-0.4, -0.2) is 21.1 Å². The fraction of sp³-hybridized carbons (Fsp3) is 0.462. The zero-order chi connectivity index (χ0) is 12.4. The molecular weight excluding hydrogens is 252 g/mol. The van der Waals surface area contributed by atoms with Crippen LogP contribution in [0.3, 0.4) is 0 Å². The Bertz CT molecular complexity index is 523. The highest BCUT2D eigenvalue weighted by molar-refractivity contribution is 5.85. The molecule has 2 rings (SSSR count). The van der Waals surface area contributed by atoms with Crippen LogP contribution in [0.15, 0.2) is 18.3 Å². The molecule has 5 heteroatoms. The summed E-state index contributed by atoms with van der Waals surface area (Å²) in [7, 11) is 0. The normalized spacial score (nSPS) is 10.7. The van der Waals surface area contributed by atoms with Crippen LogP contribution in [0, 0.1) is 12.8 Å². The van der Waals surface area contributed by atoms with Crippen molar-refractivity contribution in [2.24, 2.45) is 5.92 Å². The van der Waals surface area contributed by atoms with Gasteiger partial charge in [0.05, 0.1) is 24.6 Å². The first kappa shape index (κ1) is 14.8. The van der Waals surface area contributed by atoms with Gasteiger partial charge in [-0.05, 0) is 25.0 Å². The SMILES string of the molecule is Cc1nc2c(OCC(C)C)cccn2c1CO.Cl. The Balaban J connectivity index is 0.00000162. The quantitative estimate of drug-likeness (QED) is 0.929. The molecule has 2 aromatic heterocycles. The Morgan fingerprint density at radius 1 is 1.44 bits per heavy atom. The Labute approximate surface area is 113 Å². The van der Waals surface area contributed by atoms with E-state index >= 15 is 0 Å². The maximum atomic E-state index is 9.31. The first-order valence-corrected chi connectivity index (χ1v) is 5.83. The van der Waals surface area contributed by atoms with Crippen LogP contribution in [0.25, 0.3) is 5.65 Å². The first-order valence-electron chi connectivity index (χ1n) is 5.83. The molecule has 0 atom stereocenters. The molecule has 0 unspecified atom stereocenters. The number of fused-ring (bicyclic) bond motifs is 1. The predicted molar refractivity (Wildman–Crippen MR) is 73.4 cm³/mol. The number of pyridine rings is 1. The number of hydrogen-bond donors (Lipinski definition) is 1. The summed E-state index contributed by atoms with van der Waals surface area (Å²) in [6.07, 6.45) is 1.89. The second-order valence-electron chi connectivity index (χ2n) is 4.57. The second kappa shape index (κ2) is 6.07. The van der Waals surface area contributed by atoms with Gasteiger partial charge in [-0.25, -0.2) is 4.98 Å². The number of hydrogen-bond acceptors (Lipinski definition) is 3. The fourth-order valence-electron chi connectivity index (χ4n) is 1.76. The lowest BCUT2D eigenvalue weighted by atomic mass is 10.2. The molecule has 18 heavy (non-hydrogen) atoms. The highest BCUT2D eigenvalue weighted by atomic mass is 35.5.